The number of aryl methyl sites for hydroxylation is 2. The highest BCUT2D eigenvalue weighted by molar-refractivity contribution is 5.36. The first kappa shape index (κ1) is 17.3. The van der Waals surface area contributed by atoms with Gasteiger partial charge in [0.25, 0.3) is 0 Å². The van der Waals surface area contributed by atoms with Crippen LogP contribution in [-0.2, 0) is 13.1 Å². The molecular weight excluding hydrogens is 312 g/mol. The summed E-state index contributed by atoms with van der Waals surface area (Å²) in [6.07, 6.45) is 3.65. The summed E-state index contributed by atoms with van der Waals surface area (Å²) in [4.78, 5) is 6.38. The van der Waals surface area contributed by atoms with Crippen molar-refractivity contribution in [2.45, 2.75) is 26.9 Å². The third-order valence-corrected chi connectivity index (χ3v) is 4.14. The Kier molecular flexibility index (Phi) is 5.58. The SMILES string of the molecule is Cc1cc(C)n(-c2ccc(CN(CCO)Cc3cccnc3)cc2)n1. The molecule has 2 heterocycles. The topological polar surface area (TPSA) is 54.2 Å². The molecule has 0 aliphatic carbocycles. The van der Waals surface area contributed by atoms with E-state index in [0.29, 0.717) is 6.54 Å². The van der Waals surface area contributed by atoms with E-state index in [1.54, 1.807) is 6.20 Å². The van der Waals surface area contributed by atoms with Gasteiger partial charge in [-0.3, -0.25) is 9.88 Å². The van der Waals surface area contributed by atoms with Gasteiger partial charge in [0.15, 0.2) is 0 Å². The maximum absolute atomic E-state index is 9.35. The van der Waals surface area contributed by atoms with Crippen LogP contribution in [-0.4, -0.2) is 37.9 Å². The third-order valence-electron chi connectivity index (χ3n) is 4.14. The molecule has 5 nitrogen and oxygen atoms in total. The molecule has 0 aliphatic rings. The number of aliphatic hydroxyl groups is 1. The smallest absolute Gasteiger partial charge is 0.0648 e. The minimum atomic E-state index is 0.143. The Morgan fingerprint density at radius 1 is 1.04 bits per heavy atom. The van der Waals surface area contributed by atoms with Crippen LogP contribution in [0.15, 0.2) is 54.9 Å². The van der Waals surface area contributed by atoms with E-state index in [9.17, 15) is 5.11 Å². The number of nitrogens with zero attached hydrogens (tertiary/aromatic N) is 4. The van der Waals surface area contributed by atoms with E-state index in [2.05, 4.69) is 58.3 Å². The minimum Gasteiger partial charge on any atom is -0.395 e. The van der Waals surface area contributed by atoms with Crippen LogP contribution in [0.4, 0.5) is 0 Å². The lowest BCUT2D eigenvalue weighted by Crippen LogP contribution is -2.26. The molecule has 130 valence electrons. The Morgan fingerprint density at radius 3 is 2.40 bits per heavy atom. The van der Waals surface area contributed by atoms with Crippen molar-refractivity contribution >= 4 is 0 Å². The summed E-state index contributed by atoms with van der Waals surface area (Å²) >= 11 is 0. The first-order valence-corrected chi connectivity index (χ1v) is 8.50. The lowest BCUT2D eigenvalue weighted by molar-refractivity contribution is 0.184. The van der Waals surface area contributed by atoms with E-state index in [4.69, 9.17) is 0 Å². The van der Waals surface area contributed by atoms with Gasteiger partial charge in [0, 0.05) is 37.7 Å². The number of rotatable bonds is 7. The monoisotopic (exact) mass is 336 g/mol. The fraction of sp³-hybridized carbons (Fsp3) is 0.300. The highest BCUT2D eigenvalue weighted by Gasteiger charge is 2.08. The summed E-state index contributed by atoms with van der Waals surface area (Å²) in [6, 6.07) is 14.5. The number of hydrogen-bond donors (Lipinski definition) is 1. The average molecular weight is 336 g/mol. The second-order valence-corrected chi connectivity index (χ2v) is 6.30. The molecule has 25 heavy (non-hydrogen) atoms. The molecule has 0 amide bonds. The average Bonchev–Trinajstić information content (AvgIpc) is 2.95. The Hall–Kier alpha value is -2.50. The van der Waals surface area contributed by atoms with Crippen LogP contribution in [0.1, 0.15) is 22.5 Å². The highest BCUT2D eigenvalue weighted by atomic mass is 16.3. The van der Waals surface area contributed by atoms with Crippen LogP contribution >= 0.6 is 0 Å². The van der Waals surface area contributed by atoms with Gasteiger partial charge in [0.05, 0.1) is 18.0 Å². The summed E-state index contributed by atoms with van der Waals surface area (Å²) in [5.74, 6) is 0. The Labute approximate surface area is 148 Å². The van der Waals surface area contributed by atoms with E-state index in [1.807, 2.05) is 23.9 Å². The zero-order valence-electron chi connectivity index (χ0n) is 14.8. The fourth-order valence-electron chi connectivity index (χ4n) is 3.00. The fourth-order valence-corrected chi connectivity index (χ4v) is 3.00. The Balaban J connectivity index is 1.71. The molecule has 0 atom stereocenters. The van der Waals surface area contributed by atoms with E-state index >= 15 is 0 Å². The quantitative estimate of drug-likeness (QED) is 0.721. The molecular formula is C20H24N4O. The minimum absolute atomic E-state index is 0.143. The Morgan fingerprint density at radius 2 is 1.80 bits per heavy atom. The van der Waals surface area contributed by atoms with E-state index in [-0.39, 0.29) is 6.61 Å². The van der Waals surface area contributed by atoms with Crippen LogP contribution in [0.5, 0.6) is 0 Å². The molecule has 0 radical (unpaired) electrons. The van der Waals surface area contributed by atoms with Gasteiger partial charge in [-0.1, -0.05) is 18.2 Å². The number of aromatic nitrogens is 3. The summed E-state index contributed by atoms with van der Waals surface area (Å²) < 4.78 is 1.96. The van der Waals surface area contributed by atoms with Crippen molar-refractivity contribution in [3.63, 3.8) is 0 Å². The number of benzene rings is 1. The maximum atomic E-state index is 9.35. The van der Waals surface area contributed by atoms with Crippen LogP contribution in [0.2, 0.25) is 0 Å². The normalized spacial score (nSPS) is 11.2. The molecule has 0 bridgehead atoms. The number of pyridine rings is 1. The van der Waals surface area contributed by atoms with Crippen molar-refractivity contribution in [2.24, 2.45) is 0 Å². The highest BCUT2D eigenvalue weighted by Crippen LogP contribution is 2.15. The van der Waals surface area contributed by atoms with E-state index in [0.717, 1.165) is 35.7 Å². The molecule has 0 spiro atoms. The molecule has 5 heteroatoms. The van der Waals surface area contributed by atoms with Crippen LogP contribution < -0.4 is 0 Å². The molecule has 0 fully saturated rings. The van der Waals surface area contributed by atoms with Crippen molar-refractivity contribution in [3.8, 4) is 5.69 Å². The molecule has 1 N–H and O–H groups in total. The number of hydrogen-bond acceptors (Lipinski definition) is 4. The first-order chi connectivity index (χ1) is 12.2. The molecule has 1 aromatic carbocycles. The predicted molar refractivity (Wildman–Crippen MR) is 98.5 cm³/mol. The van der Waals surface area contributed by atoms with Gasteiger partial charge in [-0.2, -0.15) is 5.10 Å². The molecule has 0 saturated heterocycles. The van der Waals surface area contributed by atoms with Crippen molar-refractivity contribution < 1.29 is 5.11 Å². The molecule has 0 saturated carbocycles. The summed E-state index contributed by atoms with van der Waals surface area (Å²) in [7, 11) is 0. The molecule has 3 aromatic rings. The molecule has 3 rings (SSSR count). The van der Waals surface area contributed by atoms with Crippen LogP contribution in [0.3, 0.4) is 0 Å². The molecule has 0 unspecified atom stereocenters. The summed E-state index contributed by atoms with van der Waals surface area (Å²) in [6.45, 7) is 6.40. The second-order valence-electron chi connectivity index (χ2n) is 6.30. The standard InChI is InChI=1S/C20H24N4O/c1-16-12-17(2)24(22-16)20-7-5-18(6-8-20)14-23(10-11-25)15-19-4-3-9-21-13-19/h3-9,12-13,25H,10-11,14-15H2,1-2H3. The first-order valence-electron chi connectivity index (χ1n) is 8.50. The van der Waals surface area contributed by atoms with Crippen molar-refractivity contribution in [3.05, 3.63) is 77.4 Å². The summed E-state index contributed by atoms with van der Waals surface area (Å²) in [5, 5.41) is 13.9. The zero-order valence-corrected chi connectivity index (χ0v) is 14.8. The van der Waals surface area contributed by atoms with E-state index in [1.165, 1.54) is 5.56 Å². The van der Waals surface area contributed by atoms with Gasteiger partial charge in [-0.25, -0.2) is 4.68 Å². The van der Waals surface area contributed by atoms with Gasteiger partial charge in [-0.05, 0) is 49.2 Å². The van der Waals surface area contributed by atoms with Crippen LogP contribution in [0, 0.1) is 13.8 Å². The van der Waals surface area contributed by atoms with Crippen molar-refractivity contribution in [1.82, 2.24) is 19.7 Å². The van der Waals surface area contributed by atoms with Gasteiger partial charge in [0.1, 0.15) is 0 Å². The second kappa shape index (κ2) is 8.05. The molecule has 2 aromatic heterocycles. The predicted octanol–water partition coefficient (Wildman–Crippen LogP) is 2.88. The van der Waals surface area contributed by atoms with Gasteiger partial charge in [0.2, 0.25) is 0 Å². The zero-order chi connectivity index (χ0) is 17.6. The summed E-state index contributed by atoms with van der Waals surface area (Å²) in [5.41, 5.74) is 5.57. The molecule has 0 aliphatic heterocycles. The van der Waals surface area contributed by atoms with E-state index < -0.39 is 0 Å². The van der Waals surface area contributed by atoms with Crippen molar-refractivity contribution in [1.29, 1.82) is 0 Å². The lowest BCUT2D eigenvalue weighted by atomic mass is 10.1. The lowest BCUT2D eigenvalue weighted by Gasteiger charge is -2.21. The Bertz CT molecular complexity index is 796. The third kappa shape index (κ3) is 4.53. The maximum Gasteiger partial charge on any atom is 0.0648 e. The largest absolute Gasteiger partial charge is 0.395 e. The number of aliphatic hydroxyl groups excluding tert-OH is 1. The van der Waals surface area contributed by atoms with Crippen molar-refractivity contribution in [2.75, 3.05) is 13.2 Å². The van der Waals surface area contributed by atoms with Gasteiger partial charge < -0.3 is 5.11 Å². The van der Waals surface area contributed by atoms with Crippen LogP contribution in [0.25, 0.3) is 5.69 Å². The van der Waals surface area contributed by atoms with Gasteiger partial charge in [-0.15, -0.1) is 0 Å². The van der Waals surface area contributed by atoms with Gasteiger partial charge >= 0.3 is 0 Å².